The van der Waals surface area contributed by atoms with Gasteiger partial charge in [-0.15, -0.1) is 11.3 Å². The molecule has 1 aliphatic rings. The minimum atomic E-state index is 0.332. The van der Waals surface area contributed by atoms with Crippen molar-refractivity contribution in [3.8, 4) is 6.07 Å². The van der Waals surface area contributed by atoms with Crippen molar-refractivity contribution in [1.82, 2.24) is 24.6 Å². The maximum absolute atomic E-state index is 8.90. The van der Waals surface area contributed by atoms with Gasteiger partial charge in [-0.05, 0) is 44.9 Å². The van der Waals surface area contributed by atoms with E-state index in [1.165, 1.54) is 24.8 Å². The van der Waals surface area contributed by atoms with Crippen molar-refractivity contribution in [3.63, 3.8) is 0 Å². The van der Waals surface area contributed by atoms with Gasteiger partial charge in [-0.2, -0.15) is 10.4 Å². The molecule has 0 unspecified atom stereocenters. The number of hydrogen-bond acceptors (Lipinski definition) is 7. The van der Waals surface area contributed by atoms with E-state index in [4.69, 9.17) is 15.3 Å². The lowest BCUT2D eigenvalue weighted by Crippen LogP contribution is -2.33. The van der Waals surface area contributed by atoms with Crippen LogP contribution in [0.4, 0.5) is 10.8 Å². The highest BCUT2D eigenvalue weighted by molar-refractivity contribution is 7.13. The van der Waals surface area contributed by atoms with Crippen LogP contribution in [-0.2, 0) is 13.1 Å². The molecule has 162 valence electrons. The first kappa shape index (κ1) is 21.5. The molecule has 7 nitrogen and oxygen atoms in total. The topological polar surface area (TPSA) is 82.7 Å². The van der Waals surface area contributed by atoms with E-state index in [2.05, 4.69) is 45.3 Å². The van der Waals surface area contributed by atoms with Crippen LogP contribution in [0.1, 0.15) is 67.7 Å². The zero-order valence-corrected chi connectivity index (χ0v) is 19.0. The van der Waals surface area contributed by atoms with E-state index in [0.29, 0.717) is 11.7 Å². The van der Waals surface area contributed by atoms with Crippen LogP contribution in [0.25, 0.3) is 0 Å². The third-order valence-electron chi connectivity index (χ3n) is 5.77. The lowest BCUT2D eigenvalue weighted by atomic mass is 9.99. The average molecular weight is 436 g/mol. The smallest absolute Gasteiger partial charge is 0.187 e. The number of pyridine rings is 1. The van der Waals surface area contributed by atoms with E-state index in [9.17, 15) is 0 Å². The first-order valence-corrected chi connectivity index (χ1v) is 11.9. The molecule has 31 heavy (non-hydrogen) atoms. The molecular weight excluding hydrogens is 406 g/mol. The molecule has 1 saturated heterocycles. The molecule has 8 heteroatoms. The Bertz CT molecular complexity index is 1030. The minimum absolute atomic E-state index is 0.332. The molecule has 0 spiro atoms. The number of hydrogen-bond donors (Lipinski definition) is 1. The number of piperidine rings is 1. The average Bonchev–Trinajstić information content (AvgIpc) is 3.39. The van der Waals surface area contributed by atoms with Gasteiger partial charge in [0.15, 0.2) is 5.13 Å². The highest BCUT2D eigenvalue weighted by Crippen LogP contribution is 2.34. The number of unbranched alkanes of at least 4 members (excludes halogenated alkanes) is 1. The largest absolute Gasteiger partial charge is 0.330 e. The Morgan fingerprint density at radius 2 is 2.23 bits per heavy atom. The van der Waals surface area contributed by atoms with E-state index in [0.717, 1.165) is 54.7 Å². The van der Waals surface area contributed by atoms with Gasteiger partial charge < -0.3 is 5.32 Å². The molecule has 0 radical (unpaired) electrons. The summed E-state index contributed by atoms with van der Waals surface area (Å²) in [5, 5.41) is 20.0. The molecule has 0 aromatic carbocycles. The zero-order chi connectivity index (χ0) is 21.6. The predicted molar refractivity (Wildman–Crippen MR) is 123 cm³/mol. The summed E-state index contributed by atoms with van der Waals surface area (Å²) < 4.78 is 2.10. The van der Waals surface area contributed by atoms with Crippen LogP contribution in [0, 0.1) is 18.3 Å². The molecule has 0 saturated carbocycles. The Kier molecular flexibility index (Phi) is 6.95. The van der Waals surface area contributed by atoms with Crippen LogP contribution in [0.5, 0.6) is 0 Å². The number of nitriles is 1. The van der Waals surface area contributed by atoms with Gasteiger partial charge in [0.1, 0.15) is 11.8 Å². The normalized spacial score (nSPS) is 16.9. The maximum atomic E-state index is 8.90. The van der Waals surface area contributed by atoms with Crippen LogP contribution in [0.15, 0.2) is 29.9 Å². The molecule has 1 fully saturated rings. The third-order valence-corrected chi connectivity index (χ3v) is 6.54. The second-order valence-corrected chi connectivity index (χ2v) is 8.94. The molecule has 1 atom stereocenters. The Labute approximate surface area is 187 Å². The Balaban J connectivity index is 1.45. The minimum Gasteiger partial charge on any atom is -0.330 e. The lowest BCUT2D eigenvalue weighted by Gasteiger charge is -2.34. The number of nitrogens with one attached hydrogen (secondary N) is 1. The van der Waals surface area contributed by atoms with Gasteiger partial charge in [-0.1, -0.05) is 19.8 Å². The number of nitrogens with zero attached hydrogens (tertiary/aromatic N) is 6. The van der Waals surface area contributed by atoms with Crippen molar-refractivity contribution in [2.24, 2.45) is 0 Å². The van der Waals surface area contributed by atoms with E-state index in [-0.39, 0.29) is 0 Å². The molecule has 1 N–H and O–H groups in total. The lowest BCUT2D eigenvalue weighted by molar-refractivity contribution is 0.137. The number of aromatic nitrogens is 4. The van der Waals surface area contributed by atoms with Crippen LogP contribution < -0.4 is 5.32 Å². The number of thiazole rings is 1. The van der Waals surface area contributed by atoms with Crippen molar-refractivity contribution in [2.45, 2.75) is 65.1 Å². The van der Waals surface area contributed by atoms with Gasteiger partial charge in [0.25, 0.3) is 0 Å². The number of rotatable bonds is 8. The van der Waals surface area contributed by atoms with E-state index >= 15 is 0 Å². The van der Waals surface area contributed by atoms with Gasteiger partial charge in [0.05, 0.1) is 29.3 Å². The molecule has 4 rings (SSSR count). The first-order valence-electron chi connectivity index (χ1n) is 11.0. The molecule has 0 aliphatic carbocycles. The number of aryl methyl sites for hydroxylation is 2. The summed E-state index contributed by atoms with van der Waals surface area (Å²) in [7, 11) is 0. The first-order chi connectivity index (χ1) is 15.2. The second-order valence-electron chi connectivity index (χ2n) is 8.08. The summed E-state index contributed by atoms with van der Waals surface area (Å²) in [5.41, 5.74) is 4.84. The maximum Gasteiger partial charge on any atom is 0.187 e. The predicted octanol–water partition coefficient (Wildman–Crippen LogP) is 5.19. The van der Waals surface area contributed by atoms with Crippen molar-refractivity contribution >= 4 is 22.2 Å². The summed E-state index contributed by atoms with van der Waals surface area (Å²) in [6.07, 6.45) is 9.83. The summed E-state index contributed by atoms with van der Waals surface area (Å²) in [4.78, 5) is 11.6. The van der Waals surface area contributed by atoms with Gasteiger partial charge in [0, 0.05) is 30.2 Å². The third kappa shape index (κ3) is 5.30. The van der Waals surface area contributed by atoms with E-state index < -0.39 is 0 Å². The quantitative estimate of drug-likeness (QED) is 0.524. The number of anilines is 2. The van der Waals surface area contributed by atoms with Crippen molar-refractivity contribution in [1.29, 1.82) is 5.26 Å². The van der Waals surface area contributed by atoms with Crippen molar-refractivity contribution in [3.05, 3.63) is 52.6 Å². The van der Waals surface area contributed by atoms with Gasteiger partial charge in [-0.3, -0.25) is 9.58 Å². The fourth-order valence-electron chi connectivity index (χ4n) is 4.04. The van der Waals surface area contributed by atoms with Crippen molar-refractivity contribution in [2.75, 3.05) is 11.9 Å². The fourth-order valence-corrected chi connectivity index (χ4v) is 4.81. The van der Waals surface area contributed by atoms with Crippen LogP contribution >= 0.6 is 11.3 Å². The van der Waals surface area contributed by atoms with E-state index in [1.54, 1.807) is 23.6 Å². The summed E-state index contributed by atoms with van der Waals surface area (Å²) in [6.45, 7) is 7.33. The van der Waals surface area contributed by atoms with Gasteiger partial charge >= 0.3 is 0 Å². The zero-order valence-electron chi connectivity index (χ0n) is 18.2. The second kappa shape index (κ2) is 10.0. The van der Waals surface area contributed by atoms with Crippen LogP contribution in [0.2, 0.25) is 0 Å². The molecule has 1 aliphatic heterocycles. The Morgan fingerprint density at radius 1 is 1.32 bits per heavy atom. The van der Waals surface area contributed by atoms with E-state index in [1.807, 2.05) is 12.1 Å². The van der Waals surface area contributed by atoms with Crippen molar-refractivity contribution < 1.29 is 0 Å². The number of likely N-dealkylation sites (tertiary alicyclic amines) is 1. The Morgan fingerprint density at radius 3 is 3.00 bits per heavy atom. The molecule has 0 amide bonds. The van der Waals surface area contributed by atoms with Crippen LogP contribution in [-0.4, -0.2) is 31.2 Å². The van der Waals surface area contributed by atoms with Crippen LogP contribution in [0.3, 0.4) is 0 Å². The summed E-state index contributed by atoms with van der Waals surface area (Å²) in [6, 6.07) is 5.94. The summed E-state index contributed by atoms with van der Waals surface area (Å²) >= 11 is 1.61. The molecule has 3 aromatic heterocycles. The summed E-state index contributed by atoms with van der Waals surface area (Å²) in [5.74, 6) is 0. The Hall–Kier alpha value is -2.76. The molecule has 0 bridgehead atoms. The molecular formula is C23H29N7S. The molecule has 4 heterocycles. The SMILES string of the molecule is CCCCn1cc(CN2CCCC[C@@H]2c2csc(Nc3ccc(C#N)nc3)n2)c(C)n1. The monoisotopic (exact) mass is 435 g/mol. The molecule has 3 aromatic rings. The standard InChI is InChI=1S/C23H29N7S/c1-3-4-11-30-15-18(17(2)28-30)14-29-10-6-5-7-22(29)21-16-31-23(27-21)26-20-9-8-19(12-24)25-13-20/h8-9,13,15-16,22H,3-7,10-11,14H2,1-2H3,(H,26,27)/t22-/m1/s1. The van der Waals surface area contributed by atoms with Gasteiger partial charge in [0.2, 0.25) is 0 Å². The fraction of sp³-hybridized carbons (Fsp3) is 0.478. The highest BCUT2D eigenvalue weighted by atomic mass is 32.1. The highest BCUT2D eigenvalue weighted by Gasteiger charge is 2.27. The van der Waals surface area contributed by atoms with Gasteiger partial charge in [-0.25, -0.2) is 9.97 Å².